The first kappa shape index (κ1) is 19.1. The molecule has 4 unspecified atom stereocenters. The second-order valence-corrected chi connectivity index (χ2v) is 9.87. The second kappa shape index (κ2) is 5.66. The minimum Gasteiger partial charge on any atom is -0.324 e. The molecule has 2 saturated heterocycles. The van der Waals surface area contributed by atoms with Crippen LogP contribution in [0.5, 0.6) is 0 Å². The molecule has 6 heteroatoms. The highest BCUT2D eigenvalue weighted by Crippen LogP contribution is 2.55. The summed E-state index contributed by atoms with van der Waals surface area (Å²) in [5.41, 5.74) is 1.74. The van der Waals surface area contributed by atoms with E-state index in [1.54, 1.807) is 0 Å². The van der Waals surface area contributed by atoms with Crippen LogP contribution >= 0.6 is 0 Å². The highest BCUT2D eigenvalue weighted by atomic mass is 16.2. The van der Waals surface area contributed by atoms with E-state index in [2.05, 4.69) is 10.6 Å². The Morgan fingerprint density at radius 1 is 1.07 bits per heavy atom. The number of hydrogen-bond acceptors (Lipinski definition) is 4. The molecule has 3 aliphatic heterocycles. The van der Waals surface area contributed by atoms with Gasteiger partial charge in [-0.25, -0.2) is 0 Å². The van der Waals surface area contributed by atoms with Crippen molar-refractivity contribution in [3.8, 4) is 0 Å². The molecular weight excluding hydrogens is 354 g/mol. The van der Waals surface area contributed by atoms with E-state index < -0.39 is 22.9 Å². The van der Waals surface area contributed by atoms with Gasteiger partial charge in [0, 0.05) is 22.8 Å². The predicted molar refractivity (Wildman–Crippen MR) is 107 cm³/mol. The Hall–Kier alpha value is -2.21. The number of carbonyl (C=O) groups excluding carboxylic acids is 3. The van der Waals surface area contributed by atoms with Gasteiger partial charge in [-0.2, -0.15) is 0 Å². The lowest BCUT2D eigenvalue weighted by Gasteiger charge is -2.35. The normalized spacial score (nSPS) is 31.8. The monoisotopic (exact) mass is 383 g/mol. The smallest absolute Gasteiger partial charge is 0.250 e. The van der Waals surface area contributed by atoms with E-state index in [4.69, 9.17) is 0 Å². The quantitative estimate of drug-likeness (QED) is 0.731. The Morgan fingerprint density at radius 2 is 1.71 bits per heavy atom. The average molecular weight is 383 g/mol. The highest BCUT2D eigenvalue weighted by Gasteiger charge is 2.71. The van der Waals surface area contributed by atoms with Crippen LogP contribution in [0.3, 0.4) is 0 Å². The first-order chi connectivity index (χ1) is 12.9. The molecule has 4 rings (SSSR count). The molecule has 4 atom stereocenters. The molecule has 150 valence electrons. The summed E-state index contributed by atoms with van der Waals surface area (Å²) < 4.78 is 0. The van der Waals surface area contributed by atoms with Crippen LogP contribution in [0.1, 0.15) is 51.3 Å². The van der Waals surface area contributed by atoms with Gasteiger partial charge in [-0.15, -0.1) is 0 Å². The van der Waals surface area contributed by atoms with E-state index in [9.17, 15) is 14.4 Å². The molecular formula is C22H29N3O3. The predicted octanol–water partition coefficient (Wildman–Crippen LogP) is 2.48. The molecule has 0 aliphatic carbocycles. The highest BCUT2D eigenvalue weighted by molar-refractivity contribution is 6.15. The fraction of sp³-hybridized carbons (Fsp3) is 0.591. The average Bonchev–Trinajstić information content (AvgIpc) is 3.13. The molecule has 2 N–H and O–H groups in total. The number of hydrogen-bond donors (Lipinski definition) is 2. The molecule has 3 amide bonds. The summed E-state index contributed by atoms with van der Waals surface area (Å²) in [6, 6.07) is 3.75. The summed E-state index contributed by atoms with van der Waals surface area (Å²) >= 11 is 0. The van der Waals surface area contributed by atoms with E-state index in [0.717, 1.165) is 22.4 Å². The number of likely N-dealkylation sites (tertiary alicyclic amines) is 1. The van der Waals surface area contributed by atoms with Crippen molar-refractivity contribution in [3.05, 3.63) is 28.8 Å². The molecule has 2 fully saturated rings. The van der Waals surface area contributed by atoms with Gasteiger partial charge in [0.2, 0.25) is 17.7 Å². The maximum absolute atomic E-state index is 13.6. The van der Waals surface area contributed by atoms with Crippen LogP contribution in [-0.2, 0) is 19.9 Å². The molecule has 28 heavy (non-hydrogen) atoms. The topological polar surface area (TPSA) is 78.5 Å². The largest absolute Gasteiger partial charge is 0.324 e. The Kier molecular flexibility index (Phi) is 3.86. The molecule has 0 saturated carbocycles. The summed E-state index contributed by atoms with van der Waals surface area (Å²) in [6.07, 6.45) is 0. The number of fused-ring (bicyclic) bond motifs is 4. The van der Waals surface area contributed by atoms with Crippen molar-refractivity contribution in [2.75, 3.05) is 5.32 Å². The lowest BCUT2D eigenvalue weighted by atomic mass is 9.75. The van der Waals surface area contributed by atoms with Crippen molar-refractivity contribution >= 4 is 23.4 Å². The van der Waals surface area contributed by atoms with Gasteiger partial charge in [-0.1, -0.05) is 31.5 Å². The summed E-state index contributed by atoms with van der Waals surface area (Å²) in [7, 11) is 0. The summed E-state index contributed by atoms with van der Waals surface area (Å²) in [5.74, 6) is -1.81. The minimum atomic E-state index is -1.20. The maximum Gasteiger partial charge on any atom is 0.250 e. The lowest BCUT2D eigenvalue weighted by molar-refractivity contribution is -0.148. The van der Waals surface area contributed by atoms with Gasteiger partial charge < -0.3 is 5.32 Å². The lowest BCUT2D eigenvalue weighted by Crippen LogP contribution is -2.56. The fourth-order valence-corrected chi connectivity index (χ4v) is 5.42. The number of nitrogens with one attached hydrogen (secondary N) is 2. The number of nitrogens with zero attached hydrogens (tertiary/aromatic N) is 1. The van der Waals surface area contributed by atoms with Gasteiger partial charge in [-0.05, 0) is 46.1 Å². The molecule has 1 aromatic carbocycles. The van der Waals surface area contributed by atoms with Gasteiger partial charge in [-0.3, -0.25) is 24.6 Å². The van der Waals surface area contributed by atoms with Gasteiger partial charge in [0.05, 0.1) is 11.8 Å². The molecule has 3 heterocycles. The molecule has 0 radical (unpaired) electrons. The van der Waals surface area contributed by atoms with Gasteiger partial charge in [0.25, 0.3) is 0 Å². The summed E-state index contributed by atoms with van der Waals surface area (Å²) in [6.45, 7) is 13.6. The Balaban J connectivity index is 1.97. The van der Waals surface area contributed by atoms with Crippen molar-refractivity contribution in [3.63, 3.8) is 0 Å². The van der Waals surface area contributed by atoms with Crippen LogP contribution in [0.15, 0.2) is 12.1 Å². The van der Waals surface area contributed by atoms with Crippen molar-refractivity contribution in [1.29, 1.82) is 0 Å². The van der Waals surface area contributed by atoms with Crippen molar-refractivity contribution in [1.82, 2.24) is 10.2 Å². The van der Waals surface area contributed by atoms with Crippen molar-refractivity contribution in [2.24, 2.45) is 17.8 Å². The Morgan fingerprint density at radius 3 is 2.29 bits per heavy atom. The third-order valence-electron chi connectivity index (χ3n) is 6.49. The van der Waals surface area contributed by atoms with Gasteiger partial charge in [0.1, 0.15) is 5.54 Å². The first-order valence-corrected chi connectivity index (χ1v) is 10.00. The fourth-order valence-electron chi connectivity index (χ4n) is 5.42. The van der Waals surface area contributed by atoms with E-state index in [1.165, 1.54) is 4.90 Å². The summed E-state index contributed by atoms with van der Waals surface area (Å²) in [4.78, 5) is 41.7. The van der Waals surface area contributed by atoms with Crippen LogP contribution < -0.4 is 10.6 Å². The van der Waals surface area contributed by atoms with Crippen LogP contribution in [0, 0.1) is 31.6 Å². The molecule has 0 aromatic heterocycles. The summed E-state index contributed by atoms with van der Waals surface area (Å²) in [5, 5.41) is 6.48. The van der Waals surface area contributed by atoms with E-state index in [-0.39, 0.29) is 29.7 Å². The number of imide groups is 1. The van der Waals surface area contributed by atoms with Crippen molar-refractivity contribution in [2.45, 2.75) is 65.6 Å². The van der Waals surface area contributed by atoms with Crippen LogP contribution in [0.25, 0.3) is 0 Å². The van der Waals surface area contributed by atoms with Gasteiger partial charge in [0.15, 0.2) is 0 Å². The zero-order valence-electron chi connectivity index (χ0n) is 17.6. The molecule has 6 nitrogen and oxygen atoms in total. The van der Waals surface area contributed by atoms with E-state index in [0.29, 0.717) is 0 Å². The van der Waals surface area contributed by atoms with Crippen LogP contribution in [0.2, 0.25) is 0 Å². The number of anilines is 1. The standard InChI is InChI=1S/C22H29N3O3/c1-10(2)16-14-15(19(27)25(18(14)26)21(5,6)7)22(24-16)13-9-11(3)8-12(4)17(13)23-20(22)28/h8-10,14-16,24H,1-7H3,(H,23,28). The third-order valence-corrected chi connectivity index (χ3v) is 6.49. The number of aryl methyl sites for hydroxylation is 2. The van der Waals surface area contributed by atoms with Gasteiger partial charge >= 0.3 is 0 Å². The molecule has 0 bridgehead atoms. The minimum absolute atomic E-state index is 0.103. The number of carbonyl (C=O) groups is 3. The zero-order valence-corrected chi connectivity index (χ0v) is 17.6. The van der Waals surface area contributed by atoms with Crippen LogP contribution in [-0.4, -0.2) is 34.2 Å². The first-order valence-electron chi connectivity index (χ1n) is 10.00. The Labute approximate surface area is 166 Å². The van der Waals surface area contributed by atoms with E-state index >= 15 is 0 Å². The number of benzene rings is 1. The molecule has 3 aliphatic rings. The number of amides is 3. The van der Waals surface area contributed by atoms with E-state index in [1.807, 2.05) is 60.6 Å². The Bertz CT molecular complexity index is 914. The third kappa shape index (κ3) is 2.21. The van der Waals surface area contributed by atoms with Crippen LogP contribution in [0.4, 0.5) is 5.69 Å². The SMILES string of the molecule is Cc1cc(C)c2c(c1)C1(NC(C(C)C)C3C(=O)N(C(C)(C)C)C(=O)C31)C(=O)N2. The molecule has 1 aromatic rings. The molecule has 1 spiro atoms. The van der Waals surface area contributed by atoms with Crippen molar-refractivity contribution < 1.29 is 14.4 Å². The maximum atomic E-state index is 13.6. The zero-order chi connectivity index (χ0) is 20.8. The number of rotatable bonds is 1. The second-order valence-electron chi connectivity index (χ2n) is 9.87.